The van der Waals surface area contributed by atoms with Crippen molar-refractivity contribution in [2.45, 2.75) is 19.3 Å². The Morgan fingerprint density at radius 1 is 1.18 bits per heavy atom. The monoisotopic (exact) mass is 374 g/mol. The summed E-state index contributed by atoms with van der Waals surface area (Å²) in [5.41, 5.74) is 3.53. The molecule has 1 aliphatic rings. The Morgan fingerprint density at radius 2 is 2.07 bits per heavy atom. The molecule has 0 aliphatic heterocycles. The molecule has 0 spiro atoms. The highest BCUT2D eigenvalue weighted by atomic mass is 16.5. The molecule has 5 nitrogen and oxygen atoms in total. The van der Waals surface area contributed by atoms with Gasteiger partial charge in [0.05, 0.1) is 13.7 Å². The number of hydrogen-bond donors (Lipinski definition) is 1. The van der Waals surface area contributed by atoms with E-state index in [1.54, 1.807) is 19.5 Å². The van der Waals surface area contributed by atoms with Crippen molar-refractivity contribution in [3.8, 4) is 11.5 Å². The number of nitrogens with one attached hydrogen (secondary N) is 1. The number of fused-ring (bicyclic) bond motifs is 1. The predicted octanol–water partition coefficient (Wildman–Crippen LogP) is 4.25. The highest BCUT2D eigenvalue weighted by Gasteiger charge is 2.22. The minimum absolute atomic E-state index is 0.0780. The van der Waals surface area contributed by atoms with Gasteiger partial charge in [0.1, 0.15) is 17.3 Å². The first-order chi connectivity index (χ1) is 13.7. The molecule has 0 unspecified atom stereocenters. The van der Waals surface area contributed by atoms with Crippen LogP contribution < -0.4 is 9.47 Å². The van der Waals surface area contributed by atoms with Crippen LogP contribution in [0.15, 0.2) is 60.4 Å². The number of imidazole rings is 1. The number of para-hydroxylation sites is 1. The molecule has 0 saturated heterocycles. The zero-order valence-electron chi connectivity index (χ0n) is 15.8. The van der Waals surface area contributed by atoms with E-state index in [9.17, 15) is 4.79 Å². The lowest BCUT2D eigenvalue weighted by atomic mass is 9.86. The van der Waals surface area contributed by atoms with Crippen molar-refractivity contribution in [3.63, 3.8) is 0 Å². The van der Waals surface area contributed by atoms with E-state index in [1.165, 1.54) is 0 Å². The number of aryl methyl sites for hydroxylation is 1. The maximum absolute atomic E-state index is 12.9. The molecule has 5 heteroatoms. The SMILES string of the molecule is COc1ccccc1C=C1CCc2cc(OCCc3ncc[nH]3)ccc2C1=O. The van der Waals surface area contributed by atoms with E-state index < -0.39 is 0 Å². The molecule has 1 heterocycles. The van der Waals surface area contributed by atoms with Crippen LogP contribution in [0, 0.1) is 0 Å². The highest BCUT2D eigenvalue weighted by molar-refractivity contribution is 6.13. The molecule has 2 aromatic carbocycles. The van der Waals surface area contributed by atoms with Crippen molar-refractivity contribution in [1.82, 2.24) is 9.97 Å². The van der Waals surface area contributed by atoms with Crippen molar-refractivity contribution >= 4 is 11.9 Å². The predicted molar refractivity (Wildman–Crippen MR) is 108 cm³/mol. The summed E-state index contributed by atoms with van der Waals surface area (Å²) in [5, 5.41) is 0. The third-order valence-electron chi connectivity index (χ3n) is 4.91. The summed E-state index contributed by atoms with van der Waals surface area (Å²) in [7, 11) is 1.64. The Bertz CT molecular complexity index is 1010. The molecule has 0 fully saturated rings. The number of aromatic nitrogens is 2. The first-order valence-corrected chi connectivity index (χ1v) is 9.37. The van der Waals surface area contributed by atoms with Gasteiger partial charge in [-0.25, -0.2) is 4.98 Å². The number of nitrogens with zero attached hydrogens (tertiary/aromatic N) is 1. The number of rotatable bonds is 6. The van der Waals surface area contributed by atoms with Gasteiger partial charge in [0.25, 0.3) is 0 Å². The molecule has 28 heavy (non-hydrogen) atoms. The van der Waals surface area contributed by atoms with E-state index in [0.717, 1.165) is 52.4 Å². The minimum atomic E-state index is 0.0780. The molecular formula is C23H22N2O3. The molecule has 0 saturated carbocycles. The summed E-state index contributed by atoms with van der Waals surface area (Å²) in [6.45, 7) is 0.541. The number of ketones is 1. The van der Waals surface area contributed by atoms with Crippen LogP contribution >= 0.6 is 0 Å². The Hall–Kier alpha value is -3.34. The molecule has 0 atom stereocenters. The molecule has 4 rings (SSSR count). The molecule has 0 amide bonds. The molecule has 1 aromatic heterocycles. The number of benzene rings is 2. The Morgan fingerprint density at radius 3 is 2.89 bits per heavy atom. The molecule has 1 aliphatic carbocycles. The van der Waals surface area contributed by atoms with Crippen molar-refractivity contribution < 1.29 is 14.3 Å². The molecule has 142 valence electrons. The van der Waals surface area contributed by atoms with E-state index in [4.69, 9.17) is 9.47 Å². The summed E-state index contributed by atoms with van der Waals surface area (Å²) in [5.74, 6) is 2.54. The number of carbonyl (C=O) groups excluding carboxylic acids is 1. The first-order valence-electron chi connectivity index (χ1n) is 9.37. The van der Waals surface area contributed by atoms with Gasteiger partial charge >= 0.3 is 0 Å². The highest BCUT2D eigenvalue weighted by Crippen LogP contribution is 2.31. The summed E-state index contributed by atoms with van der Waals surface area (Å²) >= 11 is 0. The van der Waals surface area contributed by atoms with Crippen LogP contribution in [0.2, 0.25) is 0 Å². The smallest absolute Gasteiger partial charge is 0.189 e. The van der Waals surface area contributed by atoms with Crippen molar-refractivity contribution in [1.29, 1.82) is 0 Å². The van der Waals surface area contributed by atoms with Gasteiger partial charge in [-0.05, 0) is 48.7 Å². The van der Waals surface area contributed by atoms with Gasteiger partial charge < -0.3 is 14.5 Å². The molecular weight excluding hydrogens is 352 g/mol. The molecule has 0 bridgehead atoms. The van der Waals surface area contributed by atoms with Gasteiger partial charge in [-0.15, -0.1) is 0 Å². The molecule has 3 aromatic rings. The maximum atomic E-state index is 12.9. The standard InChI is InChI=1S/C23H22N2O3/c1-27-21-5-3-2-4-17(21)14-18-7-6-16-15-19(8-9-20(16)23(18)26)28-13-10-22-24-11-12-25-22/h2-5,8-9,11-12,14-15H,6-7,10,13H2,1H3,(H,24,25). The summed E-state index contributed by atoms with van der Waals surface area (Å²) in [6, 6.07) is 13.5. The lowest BCUT2D eigenvalue weighted by Gasteiger charge is -2.19. The fourth-order valence-corrected chi connectivity index (χ4v) is 3.46. The molecule has 0 radical (unpaired) electrons. The van der Waals surface area contributed by atoms with E-state index in [-0.39, 0.29) is 5.78 Å². The van der Waals surface area contributed by atoms with E-state index in [1.807, 2.05) is 48.5 Å². The second-order valence-corrected chi connectivity index (χ2v) is 6.69. The number of ether oxygens (including phenoxy) is 2. The van der Waals surface area contributed by atoms with E-state index in [2.05, 4.69) is 9.97 Å². The van der Waals surface area contributed by atoms with Crippen molar-refractivity contribution in [2.24, 2.45) is 0 Å². The van der Waals surface area contributed by atoms with Crippen LogP contribution in [0.25, 0.3) is 6.08 Å². The quantitative estimate of drug-likeness (QED) is 0.655. The van der Waals surface area contributed by atoms with Crippen molar-refractivity contribution in [3.05, 3.63) is 82.9 Å². The lowest BCUT2D eigenvalue weighted by molar-refractivity contribution is 0.102. The minimum Gasteiger partial charge on any atom is -0.496 e. The number of H-pyrrole nitrogens is 1. The zero-order valence-corrected chi connectivity index (χ0v) is 15.8. The third kappa shape index (κ3) is 3.83. The number of allylic oxidation sites excluding steroid dienone is 1. The number of Topliss-reactive ketones (excluding diaryl/α,β-unsaturated/α-hetero) is 1. The van der Waals surface area contributed by atoms with Gasteiger partial charge in [0, 0.05) is 35.5 Å². The summed E-state index contributed by atoms with van der Waals surface area (Å²) < 4.78 is 11.2. The van der Waals surface area contributed by atoms with E-state index >= 15 is 0 Å². The zero-order chi connectivity index (χ0) is 19.3. The molecule has 1 N–H and O–H groups in total. The lowest BCUT2D eigenvalue weighted by Crippen LogP contribution is -2.14. The Balaban J connectivity index is 1.48. The Labute approximate surface area is 164 Å². The fourth-order valence-electron chi connectivity index (χ4n) is 3.46. The van der Waals surface area contributed by atoms with Gasteiger partial charge in [-0.1, -0.05) is 18.2 Å². The summed E-state index contributed by atoms with van der Waals surface area (Å²) in [6.07, 6.45) is 7.72. The van der Waals surface area contributed by atoms with Crippen LogP contribution in [0.1, 0.15) is 33.7 Å². The number of carbonyl (C=O) groups is 1. The number of hydrogen-bond acceptors (Lipinski definition) is 4. The van der Waals surface area contributed by atoms with E-state index in [0.29, 0.717) is 13.0 Å². The topological polar surface area (TPSA) is 64.2 Å². The van der Waals surface area contributed by atoms with Crippen LogP contribution in [0.4, 0.5) is 0 Å². The summed E-state index contributed by atoms with van der Waals surface area (Å²) in [4.78, 5) is 20.2. The van der Waals surface area contributed by atoms with Crippen LogP contribution in [0.5, 0.6) is 11.5 Å². The maximum Gasteiger partial charge on any atom is 0.189 e. The number of aromatic amines is 1. The van der Waals surface area contributed by atoms with Crippen LogP contribution in [0.3, 0.4) is 0 Å². The third-order valence-corrected chi connectivity index (χ3v) is 4.91. The largest absolute Gasteiger partial charge is 0.496 e. The number of methoxy groups -OCH3 is 1. The Kier molecular flexibility index (Phi) is 5.24. The van der Waals surface area contributed by atoms with Crippen molar-refractivity contribution in [2.75, 3.05) is 13.7 Å². The van der Waals surface area contributed by atoms with Gasteiger partial charge in [-0.2, -0.15) is 0 Å². The normalized spacial score (nSPS) is 14.8. The van der Waals surface area contributed by atoms with Crippen LogP contribution in [-0.4, -0.2) is 29.5 Å². The van der Waals surface area contributed by atoms with Crippen LogP contribution in [-0.2, 0) is 12.8 Å². The first kappa shape index (κ1) is 18.0. The average molecular weight is 374 g/mol. The fraction of sp³-hybridized carbons (Fsp3) is 0.217. The second kappa shape index (κ2) is 8.13. The van der Waals surface area contributed by atoms with Gasteiger partial charge in [0.2, 0.25) is 0 Å². The average Bonchev–Trinajstić information content (AvgIpc) is 3.24. The second-order valence-electron chi connectivity index (χ2n) is 6.69. The van der Waals surface area contributed by atoms with Gasteiger partial charge in [0.15, 0.2) is 5.78 Å². The van der Waals surface area contributed by atoms with Gasteiger partial charge in [-0.3, -0.25) is 4.79 Å².